The highest BCUT2D eigenvalue weighted by Gasteiger charge is 2.39. The lowest BCUT2D eigenvalue weighted by molar-refractivity contribution is -0.119. The molecule has 7 nitrogen and oxygen atoms in total. The molecule has 2 aromatic carbocycles. The van der Waals surface area contributed by atoms with E-state index in [4.69, 9.17) is 0 Å². The van der Waals surface area contributed by atoms with Gasteiger partial charge >= 0.3 is 0 Å². The van der Waals surface area contributed by atoms with Crippen LogP contribution in [0.4, 0.5) is 5.69 Å². The fourth-order valence-electron chi connectivity index (χ4n) is 3.60. The molecule has 1 saturated heterocycles. The summed E-state index contributed by atoms with van der Waals surface area (Å²) < 4.78 is 29.0. The third-order valence-electron chi connectivity index (χ3n) is 5.05. The lowest BCUT2D eigenvalue weighted by Gasteiger charge is -2.23. The highest BCUT2D eigenvalue weighted by molar-refractivity contribution is 7.89. The fraction of sp³-hybridized carbons (Fsp3) is 0.238. The Balaban J connectivity index is 1.55. The van der Waals surface area contributed by atoms with Gasteiger partial charge in [0.05, 0.1) is 10.6 Å². The molecular weight excluding hydrogens is 388 g/mol. The molecule has 0 bridgehead atoms. The number of carbonyl (C=O) groups excluding carboxylic acids is 1. The SMILES string of the molecule is Cc1ccnn1-c1cccc(NC(=O)C2CCCN2S(=O)(=O)c2ccccc2)c1. The van der Waals surface area contributed by atoms with Crippen molar-refractivity contribution >= 4 is 21.6 Å². The number of hydrogen-bond acceptors (Lipinski definition) is 4. The standard InChI is InChI=1S/C21H22N4O3S/c1-16-12-13-22-25(16)18-8-5-7-17(15-18)23-21(26)20-11-6-14-24(20)29(27,28)19-9-3-2-4-10-19/h2-5,7-10,12-13,15,20H,6,11,14H2,1H3,(H,23,26). The van der Waals surface area contributed by atoms with Gasteiger partial charge in [0, 0.05) is 24.1 Å². The Hall–Kier alpha value is -2.97. The van der Waals surface area contributed by atoms with Crippen LogP contribution in [0.15, 0.2) is 71.8 Å². The second kappa shape index (κ2) is 7.81. The van der Waals surface area contributed by atoms with Crippen molar-refractivity contribution in [3.63, 3.8) is 0 Å². The van der Waals surface area contributed by atoms with E-state index < -0.39 is 16.1 Å². The van der Waals surface area contributed by atoms with Gasteiger partial charge < -0.3 is 5.32 Å². The van der Waals surface area contributed by atoms with Crippen molar-refractivity contribution in [1.29, 1.82) is 0 Å². The van der Waals surface area contributed by atoms with E-state index in [1.54, 1.807) is 47.3 Å². The molecule has 1 aliphatic heterocycles. The number of nitrogens with zero attached hydrogens (tertiary/aromatic N) is 3. The molecule has 0 aliphatic carbocycles. The van der Waals surface area contributed by atoms with E-state index in [0.29, 0.717) is 25.1 Å². The van der Waals surface area contributed by atoms with Crippen LogP contribution in [0.5, 0.6) is 0 Å². The molecule has 0 radical (unpaired) electrons. The Kier molecular flexibility index (Phi) is 5.21. The zero-order valence-corrected chi connectivity index (χ0v) is 16.8. The molecule has 0 spiro atoms. The first-order valence-corrected chi connectivity index (χ1v) is 10.9. The Bertz CT molecular complexity index is 1130. The molecule has 2 heterocycles. The zero-order valence-electron chi connectivity index (χ0n) is 16.0. The molecule has 1 aliphatic rings. The Labute approximate surface area is 170 Å². The van der Waals surface area contributed by atoms with Gasteiger partial charge in [-0.1, -0.05) is 24.3 Å². The molecular formula is C21H22N4O3S. The first kappa shape index (κ1) is 19.4. The lowest BCUT2D eigenvalue weighted by Crippen LogP contribution is -2.43. The predicted octanol–water partition coefficient (Wildman–Crippen LogP) is 2.97. The number of amides is 1. The second-order valence-corrected chi connectivity index (χ2v) is 8.90. The minimum atomic E-state index is -3.72. The molecule has 1 N–H and O–H groups in total. The number of nitrogens with one attached hydrogen (secondary N) is 1. The van der Waals surface area contributed by atoms with E-state index in [0.717, 1.165) is 11.4 Å². The van der Waals surface area contributed by atoms with Crippen molar-refractivity contribution in [3.05, 3.63) is 72.6 Å². The van der Waals surface area contributed by atoms with E-state index in [9.17, 15) is 13.2 Å². The lowest BCUT2D eigenvalue weighted by atomic mass is 10.2. The number of aryl methyl sites for hydroxylation is 1. The second-order valence-electron chi connectivity index (χ2n) is 7.01. The number of aromatic nitrogens is 2. The third kappa shape index (κ3) is 3.81. The molecule has 4 rings (SSSR count). The molecule has 0 saturated carbocycles. The van der Waals surface area contributed by atoms with Crippen LogP contribution in [0.3, 0.4) is 0 Å². The van der Waals surface area contributed by atoms with Crippen molar-refractivity contribution in [1.82, 2.24) is 14.1 Å². The maximum atomic E-state index is 13.0. The number of carbonyl (C=O) groups is 1. The van der Waals surface area contributed by atoms with Gasteiger partial charge in [0.2, 0.25) is 15.9 Å². The number of sulfonamides is 1. The summed E-state index contributed by atoms with van der Waals surface area (Å²) in [6, 6.07) is 16.7. The summed E-state index contributed by atoms with van der Waals surface area (Å²) in [5, 5.41) is 7.15. The Morgan fingerprint density at radius 3 is 2.62 bits per heavy atom. The highest BCUT2D eigenvalue weighted by Crippen LogP contribution is 2.27. The summed E-state index contributed by atoms with van der Waals surface area (Å²) in [6.45, 7) is 2.28. The summed E-state index contributed by atoms with van der Waals surface area (Å²) in [5.41, 5.74) is 2.40. The number of rotatable bonds is 5. The molecule has 1 atom stereocenters. The average Bonchev–Trinajstić information content (AvgIpc) is 3.38. The highest BCUT2D eigenvalue weighted by atomic mass is 32.2. The minimum Gasteiger partial charge on any atom is -0.325 e. The molecule has 3 aromatic rings. The fourth-order valence-corrected chi connectivity index (χ4v) is 5.28. The van der Waals surface area contributed by atoms with Gasteiger partial charge in [-0.3, -0.25) is 4.79 Å². The van der Waals surface area contributed by atoms with E-state index in [-0.39, 0.29) is 10.8 Å². The van der Waals surface area contributed by atoms with Crippen molar-refractivity contribution < 1.29 is 13.2 Å². The van der Waals surface area contributed by atoms with E-state index in [1.807, 2.05) is 31.2 Å². The molecule has 29 heavy (non-hydrogen) atoms. The molecule has 1 aromatic heterocycles. The van der Waals surface area contributed by atoms with Crippen molar-refractivity contribution in [3.8, 4) is 5.69 Å². The quantitative estimate of drug-likeness (QED) is 0.701. The predicted molar refractivity (Wildman–Crippen MR) is 110 cm³/mol. The van der Waals surface area contributed by atoms with E-state index >= 15 is 0 Å². The number of hydrogen-bond donors (Lipinski definition) is 1. The van der Waals surface area contributed by atoms with Crippen LogP contribution in [0.25, 0.3) is 5.69 Å². The number of anilines is 1. The van der Waals surface area contributed by atoms with E-state index in [2.05, 4.69) is 10.4 Å². The van der Waals surface area contributed by atoms with Crippen LogP contribution in [0, 0.1) is 6.92 Å². The van der Waals surface area contributed by atoms with Crippen LogP contribution in [-0.4, -0.2) is 41.0 Å². The van der Waals surface area contributed by atoms with Crippen molar-refractivity contribution in [2.45, 2.75) is 30.7 Å². The Morgan fingerprint density at radius 2 is 1.90 bits per heavy atom. The largest absolute Gasteiger partial charge is 0.325 e. The summed E-state index contributed by atoms with van der Waals surface area (Å²) in [6.07, 6.45) is 2.86. The zero-order chi connectivity index (χ0) is 20.4. The maximum Gasteiger partial charge on any atom is 0.243 e. The van der Waals surface area contributed by atoms with Crippen molar-refractivity contribution in [2.75, 3.05) is 11.9 Å². The monoisotopic (exact) mass is 410 g/mol. The summed E-state index contributed by atoms with van der Waals surface area (Å²) in [7, 11) is -3.72. The molecule has 8 heteroatoms. The topological polar surface area (TPSA) is 84.3 Å². The van der Waals surface area contributed by atoms with Crippen LogP contribution in [-0.2, 0) is 14.8 Å². The first-order chi connectivity index (χ1) is 14.0. The van der Waals surface area contributed by atoms with Crippen LogP contribution < -0.4 is 5.32 Å². The molecule has 1 unspecified atom stereocenters. The normalized spacial score (nSPS) is 17.3. The van der Waals surface area contributed by atoms with Crippen LogP contribution in [0.1, 0.15) is 18.5 Å². The van der Waals surface area contributed by atoms with E-state index in [1.165, 1.54) is 4.31 Å². The van der Waals surface area contributed by atoms with Gasteiger partial charge in [-0.15, -0.1) is 0 Å². The number of benzene rings is 2. The maximum absolute atomic E-state index is 13.0. The van der Waals surface area contributed by atoms with Gasteiger partial charge in [0.15, 0.2) is 0 Å². The van der Waals surface area contributed by atoms with Crippen LogP contribution in [0.2, 0.25) is 0 Å². The smallest absolute Gasteiger partial charge is 0.243 e. The van der Waals surface area contributed by atoms with Gasteiger partial charge in [0.25, 0.3) is 0 Å². The molecule has 1 amide bonds. The molecule has 150 valence electrons. The summed E-state index contributed by atoms with van der Waals surface area (Å²) in [5.74, 6) is -0.323. The first-order valence-electron chi connectivity index (χ1n) is 9.45. The van der Waals surface area contributed by atoms with Gasteiger partial charge in [-0.25, -0.2) is 13.1 Å². The van der Waals surface area contributed by atoms with Gasteiger partial charge in [-0.2, -0.15) is 9.40 Å². The van der Waals surface area contributed by atoms with Gasteiger partial charge in [-0.05, 0) is 56.2 Å². The molecule has 1 fully saturated rings. The summed E-state index contributed by atoms with van der Waals surface area (Å²) >= 11 is 0. The third-order valence-corrected chi connectivity index (χ3v) is 6.97. The van der Waals surface area contributed by atoms with Crippen molar-refractivity contribution in [2.24, 2.45) is 0 Å². The van der Waals surface area contributed by atoms with Crippen LogP contribution >= 0.6 is 0 Å². The average molecular weight is 410 g/mol. The Morgan fingerprint density at radius 1 is 1.10 bits per heavy atom. The summed E-state index contributed by atoms with van der Waals surface area (Å²) in [4.78, 5) is 13.1. The van der Waals surface area contributed by atoms with Gasteiger partial charge in [0.1, 0.15) is 6.04 Å². The minimum absolute atomic E-state index is 0.204.